The summed E-state index contributed by atoms with van der Waals surface area (Å²) in [6, 6.07) is 18.0. The van der Waals surface area contributed by atoms with Crippen molar-refractivity contribution in [1.29, 1.82) is 0 Å². The molecule has 2 aromatic rings. The summed E-state index contributed by atoms with van der Waals surface area (Å²) in [5.41, 5.74) is 3.12. The van der Waals surface area contributed by atoms with Gasteiger partial charge >= 0.3 is 0 Å². The normalized spacial score (nSPS) is 17.7. The third-order valence-corrected chi connectivity index (χ3v) is 4.07. The molecule has 0 unspecified atom stereocenters. The van der Waals surface area contributed by atoms with E-state index in [0.717, 1.165) is 27.7 Å². The summed E-state index contributed by atoms with van der Waals surface area (Å²) in [5, 5.41) is 6.12. The van der Waals surface area contributed by atoms with E-state index in [4.69, 9.17) is 0 Å². The maximum Gasteiger partial charge on any atom is 0.240 e. The minimum atomic E-state index is -0.0362. The lowest BCUT2D eigenvalue weighted by Gasteiger charge is -2.20. The van der Waals surface area contributed by atoms with Crippen LogP contribution >= 0.6 is 15.9 Å². The molecule has 4 heteroatoms. The van der Waals surface area contributed by atoms with E-state index < -0.39 is 0 Å². The largest absolute Gasteiger partial charge is 0.273 e. The third kappa shape index (κ3) is 2.90. The van der Waals surface area contributed by atoms with Crippen molar-refractivity contribution in [2.75, 3.05) is 0 Å². The molecule has 0 aromatic heterocycles. The SMILES string of the molecule is CC(=O)N1N=C(c2ccccc2)C[C@@H]1c1cccc(Br)c1. The van der Waals surface area contributed by atoms with E-state index in [0.29, 0.717) is 0 Å². The first-order chi connectivity index (χ1) is 10.1. The Morgan fingerprint density at radius 1 is 1.19 bits per heavy atom. The lowest BCUT2D eigenvalue weighted by molar-refractivity contribution is -0.130. The van der Waals surface area contributed by atoms with E-state index in [1.165, 1.54) is 0 Å². The predicted octanol–water partition coefficient (Wildman–Crippen LogP) is 4.15. The van der Waals surface area contributed by atoms with E-state index in [1.807, 2.05) is 54.6 Å². The quantitative estimate of drug-likeness (QED) is 0.806. The van der Waals surface area contributed by atoms with Crippen LogP contribution in [0.2, 0.25) is 0 Å². The molecular formula is C17H15BrN2O. The molecule has 106 valence electrons. The van der Waals surface area contributed by atoms with Gasteiger partial charge in [-0.15, -0.1) is 0 Å². The van der Waals surface area contributed by atoms with Crippen molar-refractivity contribution in [2.24, 2.45) is 5.10 Å². The average Bonchev–Trinajstić information content (AvgIpc) is 2.93. The number of benzene rings is 2. The third-order valence-electron chi connectivity index (χ3n) is 3.57. The van der Waals surface area contributed by atoms with Crippen molar-refractivity contribution in [3.8, 4) is 0 Å². The second-order valence-corrected chi connectivity index (χ2v) is 5.97. The molecule has 1 amide bonds. The lowest BCUT2D eigenvalue weighted by atomic mass is 9.98. The van der Waals surface area contributed by atoms with Crippen LogP contribution in [-0.2, 0) is 4.79 Å². The van der Waals surface area contributed by atoms with Crippen molar-refractivity contribution >= 4 is 27.5 Å². The second kappa shape index (κ2) is 5.82. The molecule has 3 nitrogen and oxygen atoms in total. The van der Waals surface area contributed by atoms with Gasteiger partial charge in [-0.1, -0.05) is 58.4 Å². The Morgan fingerprint density at radius 2 is 1.95 bits per heavy atom. The fraction of sp³-hybridized carbons (Fsp3) is 0.176. The van der Waals surface area contributed by atoms with Crippen molar-refractivity contribution in [2.45, 2.75) is 19.4 Å². The summed E-state index contributed by atoms with van der Waals surface area (Å²) in [6.07, 6.45) is 0.736. The van der Waals surface area contributed by atoms with Crippen LogP contribution in [0.5, 0.6) is 0 Å². The molecule has 21 heavy (non-hydrogen) atoms. The zero-order valence-corrected chi connectivity index (χ0v) is 13.2. The first-order valence-corrected chi connectivity index (χ1v) is 7.62. The minimum absolute atomic E-state index is 0.0322. The molecule has 0 saturated heterocycles. The maximum atomic E-state index is 11.9. The molecular weight excluding hydrogens is 328 g/mol. The van der Waals surface area contributed by atoms with Gasteiger partial charge in [0.05, 0.1) is 11.8 Å². The van der Waals surface area contributed by atoms with Gasteiger partial charge in [0.2, 0.25) is 5.91 Å². The standard InChI is InChI=1S/C17H15BrN2O/c1-12(21)20-17(14-8-5-9-15(18)10-14)11-16(19-20)13-6-3-2-4-7-13/h2-10,17H,11H2,1H3/t17-/m1/s1. The number of hydrogen-bond acceptors (Lipinski definition) is 2. The Hall–Kier alpha value is -1.94. The maximum absolute atomic E-state index is 11.9. The summed E-state index contributed by atoms with van der Waals surface area (Å²) < 4.78 is 1.01. The second-order valence-electron chi connectivity index (χ2n) is 5.05. The molecule has 0 bridgehead atoms. The lowest BCUT2D eigenvalue weighted by Crippen LogP contribution is -2.24. The van der Waals surface area contributed by atoms with E-state index in [9.17, 15) is 4.79 Å². The smallest absolute Gasteiger partial charge is 0.240 e. The Bertz CT molecular complexity index is 697. The molecule has 1 aliphatic rings. The molecule has 0 spiro atoms. The molecule has 0 N–H and O–H groups in total. The highest BCUT2D eigenvalue weighted by atomic mass is 79.9. The molecule has 3 rings (SSSR count). The number of amides is 1. The highest BCUT2D eigenvalue weighted by Gasteiger charge is 2.31. The van der Waals surface area contributed by atoms with E-state index in [1.54, 1.807) is 11.9 Å². The molecule has 1 heterocycles. The number of carbonyl (C=O) groups is 1. The van der Waals surface area contributed by atoms with Crippen LogP contribution in [0.4, 0.5) is 0 Å². The number of rotatable bonds is 2. The first kappa shape index (κ1) is 14.0. The summed E-state index contributed by atoms with van der Waals surface area (Å²) >= 11 is 3.49. The zero-order valence-electron chi connectivity index (χ0n) is 11.7. The summed E-state index contributed by atoms with van der Waals surface area (Å²) in [4.78, 5) is 11.9. The van der Waals surface area contributed by atoms with Crippen molar-refractivity contribution < 1.29 is 4.79 Å². The number of hydrazone groups is 1. The summed E-state index contributed by atoms with van der Waals surface area (Å²) in [5.74, 6) is -0.0362. The van der Waals surface area contributed by atoms with Gasteiger partial charge in [-0.25, -0.2) is 5.01 Å². The van der Waals surface area contributed by atoms with Crippen LogP contribution in [0.1, 0.15) is 30.5 Å². The van der Waals surface area contributed by atoms with Gasteiger partial charge in [0.1, 0.15) is 0 Å². The van der Waals surface area contributed by atoms with E-state index >= 15 is 0 Å². The van der Waals surface area contributed by atoms with Crippen LogP contribution in [0, 0.1) is 0 Å². The highest BCUT2D eigenvalue weighted by molar-refractivity contribution is 9.10. The van der Waals surface area contributed by atoms with Gasteiger partial charge in [-0.3, -0.25) is 4.79 Å². The van der Waals surface area contributed by atoms with E-state index in [2.05, 4.69) is 21.0 Å². The Morgan fingerprint density at radius 3 is 2.62 bits per heavy atom. The van der Waals surface area contributed by atoms with Gasteiger partial charge in [0.15, 0.2) is 0 Å². The molecule has 2 aromatic carbocycles. The van der Waals surface area contributed by atoms with E-state index in [-0.39, 0.29) is 11.9 Å². The Balaban J connectivity index is 1.95. The van der Waals surface area contributed by atoms with Crippen molar-refractivity contribution in [3.63, 3.8) is 0 Å². The fourth-order valence-corrected chi connectivity index (χ4v) is 3.00. The van der Waals surface area contributed by atoms with Crippen molar-refractivity contribution in [3.05, 3.63) is 70.2 Å². The molecule has 0 radical (unpaired) electrons. The monoisotopic (exact) mass is 342 g/mol. The number of nitrogens with zero attached hydrogens (tertiary/aromatic N) is 2. The zero-order chi connectivity index (χ0) is 14.8. The summed E-state index contributed by atoms with van der Waals surface area (Å²) in [7, 11) is 0. The minimum Gasteiger partial charge on any atom is -0.273 e. The Kier molecular flexibility index (Phi) is 3.88. The topological polar surface area (TPSA) is 32.7 Å². The van der Waals surface area contributed by atoms with Gasteiger partial charge < -0.3 is 0 Å². The van der Waals surface area contributed by atoms with Gasteiger partial charge in [0.25, 0.3) is 0 Å². The summed E-state index contributed by atoms with van der Waals surface area (Å²) in [6.45, 7) is 1.56. The predicted molar refractivity (Wildman–Crippen MR) is 87.0 cm³/mol. The molecule has 0 aliphatic carbocycles. The molecule has 0 saturated carbocycles. The average molecular weight is 343 g/mol. The van der Waals surface area contributed by atoms with Gasteiger partial charge in [0, 0.05) is 17.8 Å². The van der Waals surface area contributed by atoms with Crippen LogP contribution in [0.15, 0.2) is 64.2 Å². The highest BCUT2D eigenvalue weighted by Crippen LogP contribution is 2.33. The first-order valence-electron chi connectivity index (χ1n) is 6.83. The van der Waals surface area contributed by atoms with Gasteiger partial charge in [-0.05, 0) is 23.3 Å². The van der Waals surface area contributed by atoms with Crippen LogP contribution < -0.4 is 0 Å². The molecule has 0 fully saturated rings. The molecule has 1 aliphatic heterocycles. The van der Waals surface area contributed by atoms with Crippen molar-refractivity contribution in [1.82, 2.24) is 5.01 Å². The number of carbonyl (C=O) groups excluding carboxylic acids is 1. The van der Waals surface area contributed by atoms with Gasteiger partial charge in [-0.2, -0.15) is 5.10 Å². The number of halogens is 1. The fourth-order valence-electron chi connectivity index (χ4n) is 2.58. The Labute approximate surface area is 132 Å². The number of hydrogen-bond donors (Lipinski definition) is 0. The van der Waals surface area contributed by atoms with Crippen LogP contribution in [0.25, 0.3) is 0 Å². The van der Waals surface area contributed by atoms with Crippen LogP contribution in [-0.4, -0.2) is 16.6 Å². The molecule has 1 atom stereocenters. The van der Waals surface area contributed by atoms with Crippen LogP contribution in [0.3, 0.4) is 0 Å².